The molecule has 0 spiro atoms. The van der Waals surface area contributed by atoms with Crippen molar-refractivity contribution in [1.82, 2.24) is 15.2 Å². The second-order valence-corrected chi connectivity index (χ2v) is 7.15. The number of methoxy groups -OCH3 is 1. The number of rotatable bonds is 8. The minimum Gasteiger partial charge on any atom is -0.497 e. The maximum Gasteiger partial charge on any atom is 0.236 e. The van der Waals surface area contributed by atoms with E-state index in [9.17, 15) is 4.79 Å². The number of hydrogen-bond donors (Lipinski definition) is 1. The first-order valence-electron chi connectivity index (χ1n) is 10.1. The Morgan fingerprint density at radius 3 is 2.93 bits per heavy atom. The van der Waals surface area contributed by atoms with E-state index in [0.29, 0.717) is 19.6 Å². The summed E-state index contributed by atoms with van der Waals surface area (Å²) in [6.45, 7) is 7.41. The Morgan fingerprint density at radius 2 is 2.23 bits per heavy atom. The van der Waals surface area contributed by atoms with E-state index < -0.39 is 0 Å². The second-order valence-electron chi connectivity index (χ2n) is 7.15. The molecule has 6 heteroatoms. The Labute approximate surface area is 177 Å². The van der Waals surface area contributed by atoms with Gasteiger partial charge in [0, 0.05) is 30.5 Å². The maximum atomic E-state index is 12.2. The van der Waals surface area contributed by atoms with Crippen LogP contribution in [-0.2, 0) is 4.79 Å². The van der Waals surface area contributed by atoms with Gasteiger partial charge in [0.25, 0.3) is 0 Å². The molecule has 30 heavy (non-hydrogen) atoms. The fourth-order valence-electron chi connectivity index (χ4n) is 3.57. The van der Waals surface area contributed by atoms with Gasteiger partial charge < -0.3 is 19.7 Å². The summed E-state index contributed by atoms with van der Waals surface area (Å²) in [5.74, 6) is 1.59. The number of amides is 1. The average molecular weight is 408 g/mol. The first kappa shape index (κ1) is 21.6. The van der Waals surface area contributed by atoms with Gasteiger partial charge in [0.1, 0.15) is 17.6 Å². The first-order chi connectivity index (χ1) is 14.6. The van der Waals surface area contributed by atoms with E-state index >= 15 is 0 Å². The highest BCUT2D eigenvalue weighted by atomic mass is 16.5. The number of carbonyl (C=O) groups excluding carboxylic acids is 1. The minimum absolute atomic E-state index is 0.0556. The SMILES string of the molecule is C=C/C=C(\C=C/C)c1cc(O[C@@H]2CCN(C(=O)CNC)C2)c2ccc(OC)cc2n1. The van der Waals surface area contributed by atoms with Gasteiger partial charge in [-0.1, -0.05) is 30.9 Å². The largest absolute Gasteiger partial charge is 0.497 e. The molecule has 1 aromatic carbocycles. The molecule has 1 N–H and O–H groups in total. The van der Waals surface area contributed by atoms with Gasteiger partial charge in [0.2, 0.25) is 5.91 Å². The van der Waals surface area contributed by atoms with Gasteiger partial charge in [-0.05, 0) is 31.7 Å². The van der Waals surface area contributed by atoms with Gasteiger partial charge in [-0.25, -0.2) is 4.98 Å². The molecule has 0 unspecified atom stereocenters. The normalized spacial score (nSPS) is 17.0. The van der Waals surface area contributed by atoms with Crippen LogP contribution in [0.5, 0.6) is 11.5 Å². The van der Waals surface area contributed by atoms with Crippen LogP contribution in [-0.4, -0.2) is 55.7 Å². The number of aromatic nitrogens is 1. The number of hydrogen-bond acceptors (Lipinski definition) is 5. The summed E-state index contributed by atoms with van der Waals surface area (Å²) in [7, 11) is 3.42. The lowest BCUT2D eigenvalue weighted by molar-refractivity contribution is -0.129. The molecule has 1 atom stereocenters. The minimum atomic E-state index is -0.0556. The fraction of sp³-hybridized carbons (Fsp3) is 0.333. The van der Waals surface area contributed by atoms with Crippen molar-refractivity contribution in [2.45, 2.75) is 19.4 Å². The van der Waals surface area contributed by atoms with E-state index in [4.69, 9.17) is 14.5 Å². The van der Waals surface area contributed by atoms with Crippen LogP contribution in [0.2, 0.25) is 0 Å². The Morgan fingerprint density at radius 1 is 1.40 bits per heavy atom. The molecule has 1 saturated heterocycles. The number of pyridine rings is 1. The number of nitrogens with one attached hydrogen (secondary N) is 1. The molecule has 1 fully saturated rings. The van der Waals surface area contributed by atoms with Crippen LogP contribution in [0.4, 0.5) is 0 Å². The molecule has 2 heterocycles. The highest BCUT2D eigenvalue weighted by Gasteiger charge is 2.27. The third-order valence-corrected chi connectivity index (χ3v) is 5.04. The molecule has 0 aliphatic carbocycles. The number of carbonyl (C=O) groups is 1. The van der Waals surface area contributed by atoms with Crippen LogP contribution in [0.1, 0.15) is 19.0 Å². The quantitative estimate of drug-likeness (QED) is 0.678. The predicted octanol–water partition coefficient (Wildman–Crippen LogP) is 3.59. The summed E-state index contributed by atoms with van der Waals surface area (Å²) in [5, 5.41) is 3.83. The van der Waals surface area contributed by atoms with Gasteiger partial charge in [0.15, 0.2) is 0 Å². The molecule has 0 bridgehead atoms. The van der Waals surface area contributed by atoms with Crippen molar-refractivity contribution < 1.29 is 14.3 Å². The Bertz CT molecular complexity index is 981. The van der Waals surface area contributed by atoms with Crippen LogP contribution in [0, 0.1) is 0 Å². The van der Waals surface area contributed by atoms with Crippen LogP contribution in [0.3, 0.4) is 0 Å². The molecule has 1 amide bonds. The lowest BCUT2D eigenvalue weighted by atomic mass is 10.1. The van der Waals surface area contributed by atoms with Gasteiger partial charge in [0.05, 0.1) is 31.4 Å². The Hall–Kier alpha value is -3.12. The lowest BCUT2D eigenvalue weighted by Crippen LogP contribution is -2.36. The number of likely N-dealkylation sites (N-methyl/N-ethyl adjacent to an activating group) is 1. The second kappa shape index (κ2) is 10.1. The first-order valence-corrected chi connectivity index (χ1v) is 10.1. The number of likely N-dealkylation sites (tertiary alicyclic amines) is 1. The van der Waals surface area contributed by atoms with Crippen molar-refractivity contribution in [2.75, 3.05) is 33.8 Å². The van der Waals surface area contributed by atoms with Gasteiger partial charge in [-0.15, -0.1) is 0 Å². The topological polar surface area (TPSA) is 63.7 Å². The molecular weight excluding hydrogens is 378 g/mol. The summed E-state index contributed by atoms with van der Waals surface area (Å²) < 4.78 is 11.8. The van der Waals surface area contributed by atoms with Crippen molar-refractivity contribution in [3.05, 3.63) is 60.8 Å². The number of ether oxygens (including phenoxy) is 2. The fourth-order valence-corrected chi connectivity index (χ4v) is 3.57. The summed E-state index contributed by atoms with van der Waals surface area (Å²) in [5.41, 5.74) is 2.53. The highest BCUT2D eigenvalue weighted by Crippen LogP contribution is 2.32. The van der Waals surface area contributed by atoms with Crippen molar-refractivity contribution in [1.29, 1.82) is 0 Å². The molecule has 6 nitrogen and oxygen atoms in total. The summed E-state index contributed by atoms with van der Waals surface area (Å²) >= 11 is 0. The van der Waals surface area contributed by atoms with E-state index in [2.05, 4.69) is 11.9 Å². The van der Waals surface area contributed by atoms with Crippen molar-refractivity contribution in [3.8, 4) is 11.5 Å². The Kier molecular flexibility index (Phi) is 7.25. The van der Waals surface area contributed by atoms with Crippen LogP contribution in [0.15, 0.2) is 55.1 Å². The molecule has 0 saturated carbocycles. The van der Waals surface area contributed by atoms with Gasteiger partial charge in [-0.2, -0.15) is 0 Å². The zero-order valence-electron chi connectivity index (χ0n) is 17.9. The van der Waals surface area contributed by atoms with Gasteiger partial charge in [-0.3, -0.25) is 4.79 Å². The summed E-state index contributed by atoms with van der Waals surface area (Å²) in [4.78, 5) is 18.8. The van der Waals surface area contributed by atoms with E-state index in [1.165, 1.54) is 0 Å². The van der Waals surface area contributed by atoms with E-state index in [1.54, 1.807) is 20.2 Å². The molecule has 1 aliphatic rings. The van der Waals surface area contributed by atoms with Crippen molar-refractivity contribution in [2.24, 2.45) is 0 Å². The summed E-state index contributed by atoms with van der Waals surface area (Å²) in [6, 6.07) is 7.73. The van der Waals surface area contributed by atoms with Crippen molar-refractivity contribution in [3.63, 3.8) is 0 Å². The Balaban J connectivity index is 1.97. The number of allylic oxidation sites excluding steroid dienone is 5. The zero-order chi connectivity index (χ0) is 21.5. The zero-order valence-corrected chi connectivity index (χ0v) is 17.9. The third kappa shape index (κ3) is 4.89. The molecule has 2 aromatic rings. The van der Waals surface area contributed by atoms with E-state index in [0.717, 1.165) is 40.1 Å². The summed E-state index contributed by atoms with van der Waals surface area (Å²) in [6.07, 6.45) is 8.37. The van der Waals surface area contributed by atoms with Crippen LogP contribution in [0.25, 0.3) is 16.5 Å². The average Bonchev–Trinajstić information content (AvgIpc) is 3.22. The molecule has 158 valence electrons. The van der Waals surface area contributed by atoms with Crippen molar-refractivity contribution >= 4 is 22.4 Å². The molecule has 3 rings (SSSR count). The molecular formula is C24H29N3O3. The molecule has 1 aromatic heterocycles. The number of fused-ring (bicyclic) bond motifs is 1. The molecule has 1 aliphatic heterocycles. The number of nitrogens with zero attached hydrogens (tertiary/aromatic N) is 2. The van der Waals surface area contributed by atoms with E-state index in [-0.39, 0.29) is 12.0 Å². The van der Waals surface area contributed by atoms with Crippen LogP contribution < -0.4 is 14.8 Å². The lowest BCUT2D eigenvalue weighted by Gasteiger charge is -2.19. The van der Waals surface area contributed by atoms with Gasteiger partial charge >= 0.3 is 0 Å². The maximum absolute atomic E-state index is 12.2. The molecule has 0 radical (unpaired) electrons. The van der Waals surface area contributed by atoms with E-state index in [1.807, 2.05) is 54.3 Å². The number of benzene rings is 1. The van der Waals surface area contributed by atoms with Crippen LogP contribution >= 0.6 is 0 Å². The predicted molar refractivity (Wildman–Crippen MR) is 121 cm³/mol. The smallest absolute Gasteiger partial charge is 0.236 e. The third-order valence-electron chi connectivity index (χ3n) is 5.04. The highest BCUT2D eigenvalue weighted by molar-refractivity contribution is 5.89. The standard InChI is InChI=1S/C24H29N3O3/c1-5-7-17(8-6-2)21-14-23(20-10-9-18(29-4)13-22(20)26-21)30-19-11-12-27(16-19)24(28)15-25-3/h5-10,13-14,19,25H,1,11-12,15-16H2,2-4H3/b8-6-,17-7+/t19-/m1/s1. The monoisotopic (exact) mass is 407 g/mol.